The van der Waals surface area contributed by atoms with Crippen LogP contribution in [0.2, 0.25) is 0 Å². The Labute approximate surface area is 229 Å². The molecule has 39 heavy (non-hydrogen) atoms. The van der Waals surface area contributed by atoms with E-state index in [0.29, 0.717) is 6.61 Å². The molecule has 0 bridgehead atoms. The van der Waals surface area contributed by atoms with Crippen LogP contribution < -0.4 is 10.6 Å². The average molecular weight is 539 g/mol. The summed E-state index contributed by atoms with van der Waals surface area (Å²) in [5.74, 6) is -1.86. The number of hydrogen-bond acceptors (Lipinski definition) is 7. The lowest BCUT2D eigenvalue weighted by atomic mass is 9.98. The summed E-state index contributed by atoms with van der Waals surface area (Å²) in [5, 5.41) is 5.02. The zero-order valence-corrected chi connectivity index (χ0v) is 23.1. The first-order valence-electron chi connectivity index (χ1n) is 13.4. The maximum Gasteiger partial charge on any atom is 0.407 e. The molecular formula is C30H38N2O7. The van der Waals surface area contributed by atoms with Crippen molar-refractivity contribution in [2.75, 3.05) is 19.8 Å². The molecule has 0 spiro atoms. The summed E-state index contributed by atoms with van der Waals surface area (Å²) >= 11 is 0. The van der Waals surface area contributed by atoms with E-state index in [4.69, 9.17) is 14.2 Å². The van der Waals surface area contributed by atoms with Gasteiger partial charge in [0.05, 0.1) is 6.61 Å². The van der Waals surface area contributed by atoms with Gasteiger partial charge in [-0.3, -0.25) is 14.4 Å². The van der Waals surface area contributed by atoms with Crippen molar-refractivity contribution in [3.05, 3.63) is 59.7 Å². The Morgan fingerprint density at radius 1 is 0.897 bits per heavy atom. The summed E-state index contributed by atoms with van der Waals surface area (Å²) in [6.07, 6.45) is 0.719. The molecule has 1 aliphatic carbocycles. The third kappa shape index (κ3) is 8.84. The SMILES string of the molecule is CCCCOC(=O)CCC(NC(=O)OCC1c2ccccc2-c2ccccc21)C(=O)NCC(=O)OC(C)(C)C. The number of fused-ring (bicyclic) bond motifs is 3. The Bertz CT molecular complexity index is 1130. The molecule has 0 saturated carbocycles. The minimum absolute atomic E-state index is 0.0185. The number of carbonyl (C=O) groups excluding carboxylic acids is 4. The monoisotopic (exact) mass is 538 g/mol. The second-order valence-corrected chi connectivity index (χ2v) is 10.4. The lowest BCUT2D eigenvalue weighted by Gasteiger charge is -2.21. The molecule has 3 rings (SSSR count). The highest BCUT2D eigenvalue weighted by atomic mass is 16.6. The highest BCUT2D eigenvalue weighted by Crippen LogP contribution is 2.44. The first-order chi connectivity index (χ1) is 18.6. The summed E-state index contributed by atoms with van der Waals surface area (Å²) in [4.78, 5) is 49.8. The van der Waals surface area contributed by atoms with E-state index in [-0.39, 0.29) is 31.9 Å². The van der Waals surface area contributed by atoms with Gasteiger partial charge in [0.1, 0.15) is 24.8 Å². The first kappa shape index (κ1) is 29.7. The maximum atomic E-state index is 12.9. The lowest BCUT2D eigenvalue weighted by molar-refractivity contribution is -0.154. The number of benzene rings is 2. The largest absolute Gasteiger partial charge is 0.466 e. The molecule has 1 unspecified atom stereocenters. The molecule has 0 radical (unpaired) electrons. The molecule has 2 N–H and O–H groups in total. The molecule has 0 fully saturated rings. The van der Waals surface area contributed by atoms with Crippen LogP contribution in [0.25, 0.3) is 11.1 Å². The van der Waals surface area contributed by atoms with Crippen molar-refractivity contribution in [2.24, 2.45) is 0 Å². The van der Waals surface area contributed by atoms with Gasteiger partial charge in [0.2, 0.25) is 5.91 Å². The van der Waals surface area contributed by atoms with Gasteiger partial charge in [-0.1, -0.05) is 61.9 Å². The van der Waals surface area contributed by atoms with Gasteiger partial charge in [0.15, 0.2) is 0 Å². The van der Waals surface area contributed by atoms with E-state index in [0.717, 1.165) is 35.1 Å². The van der Waals surface area contributed by atoms with Crippen molar-refractivity contribution in [3.63, 3.8) is 0 Å². The number of carbonyl (C=O) groups is 4. The summed E-state index contributed by atoms with van der Waals surface area (Å²) in [7, 11) is 0. The summed E-state index contributed by atoms with van der Waals surface area (Å²) in [5.41, 5.74) is 3.62. The van der Waals surface area contributed by atoms with Gasteiger partial charge in [-0.25, -0.2) is 4.79 Å². The Kier molecular flexibility index (Phi) is 10.5. The number of alkyl carbamates (subject to hydrolysis) is 1. The lowest BCUT2D eigenvalue weighted by Crippen LogP contribution is -2.48. The molecule has 210 valence electrons. The normalized spacial score (nSPS) is 13.0. The second kappa shape index (κ2) is 13.8. The van der Waals surface area contributed by atoms with E-state index in [9.17, 15) is 19.2 Å². The van der Waals surface area contributed by atoms with E-state index in [1.165, 1.54) is 0 Å². The fourth-order valence-corrected chi connectivity index (χ4v) is 4.38. The third-order valence-electron chi connectivity index (χ3n) is 6.18. The minimum atomic E-state index is -1.11. The van der Waals surface area contributed by atoms with Crippen molar-refractivity contribution in [1.82, 2.24) is 10.6 Å². The van der Waals surface area contributed by atoms with E-state index < -0.39 is 35.6 Å². The minimum Gasteiger partial charge on any atom is -0.466 e. The number of unbranched alkanes of at least 4 members (excludes halogenated alkanes) is 1. The zero-order chi connectivity index (χ0) is 28.4. The molecule has 9 nitrogen and oxygen atoms in total. The number of nitrogens with one attached hydrogen (secondary N) is 2. The van der Waals surface area contributed by atoms with Crippen molar-refractivity contribution in [1.29, 1.82) is 0 Å². The predicted molar refractivity (Wildman–Crippen MR) is 146 cm³/mol. The molecule has 0 aliphatic heterocycles. The molecular weight excluding hydrogens is 500 g/mol. The van der Waals surface area contributed by atoms with E-state index >= 15 is 0 Å². The molecule has 0 aromatic heterocycles. The van der Waals surface area contributed by atoms with Crippen LogP contribution in [0.1, 0.15) is 70.4 Å². The number of esters is 2. The van der Waals surface area contributed by atoms with Crippen LogP contribution >= 0.6 is 0 Å². The standard InChI is InChI=1S/C30H38N2O7/c1-5-6-17-37-26(33)16-15-25(28(35)31-18-27(34)39-30(2,3)4)32-29(36)38-19-24-22-13-9-7-11-20(22)21-12-8-10-14-23(21)24/h7-14,24-25H,5-6,15-19H2,1-4H3,(H,31,35)(H,32,36). The van der Waals surface area contributed by atoms with Crippen LogP contribution in [0.4, 0.5) is 4.79 Å². The van der Waals surface area contributed by atoms with Crippen LogP contribution in [-0.4, -0.2) is 55.3 Å². The topological polar surface area (TPSA) is 120 Å². The van der Waals surface area contributed by atoms with Crippen LogP contribution in [0.5, 0.6) is 0 Å². The van der Waals surface area contributed by atoms with E-state index in [1.807, 2.05) is 55.5 Å². The maximum absolute atomic E-state index is 12.9. The van der Waals surface area contributed by atoms with Gasteiger partial charge in [-0.05, 0) is 55.9 Å². The van der Waals surface area contributed by atoms with Crippen molar-refractivity contribution in [3.8, 4) is 11.1 Å². The Morgan fingerprint density at radius 3 is 2.10 bits per heavy atom. The van der Waals surface area contributed by atoms with Gasteiger partial charge >= 0.3 is 18.0 Å². The van der Waals surface area contributed by atoms with Crippen LogP contribution in [-0.2, 0) is 28.6 Å². The van der Waals surface area contributed by atoms with Gasteiger partial charge in [0, 0.05) is 12.3 Å². The highest BCUT2D eigenvalue weighted by molar-refractivity contribution is 5.89. The fourth-order valence-electron chi connectivity index (χ4n) is 4.38. The number of ether oxygens (including phenoxy) is 3. The molecule has 9 heteroatoms. The first-order valence-corrected chi connectivity index (χ1v) is 13.4. The summed E-state index contributed by atoms with van der Waals surface area (Å²) in [6.45, 7) is 7.14. The number of rotatable bonds is 12. The van der Waals surface area contributed by atoms with Gasteiger partial charge in [-0.2, -0.15) is 0 Å². The zero-order valence-electron chi connectivity index (χ0n) is 23.1. The van der Waals surface area contributed by atoms with Crippen LogP contribution in [0.3, 0.4) is 0 Å². The van der Waals surface area contributed by atoms with Crippen molar-refractivity contribution in [2.45, 2.75) is 70.9 Å². The molecule has 2 aromatic rings. The van der Waals surface area contributed by atoms with Crippen molar-refractivity contribution >= 4 is 23.9 Å². The van der Waals surface area contributed by atoms with Gasteiger partial charge in [0.25, 0.3) is 0 Å². The predicted octanol–water partition coefficient (Wildman–Crippen LogP) is 4.48. The Hall–Kier alpha value is -3.88. The van der Waals surface area contributed by atoms with E-state index in [2.05, 4.69) is 10.6 Å². The Balaban J connectivity index is 1.61. The summed E-state index contributed by atoms with van der Waals surface area (Å²) < 4.78 is 15.9. The Morgan fingerprint density at radius 2 is 1.51 bits per heavy atom. The van der Waals surface area contributed by atoms with Crippen molar-refractivity contribution < 1.29 is 33.4 Å². The quantitative estimate of drug-likeness (QED) is 0.232. The average Bonchev–Trinajstić information content (AvgIpc) is 3.21. The molecule has 2 aromatic carbocycles. The van der Waals surface area contributed by atoms with Crippen LogP contribution in [0, 0.1) is 0 Å². The van der Waals surface area contributed by atoms with Gasteiger partial charge in [-0.15, -0.1) is 0 Å². The molecule has 1 atom stereocenters. The number of hydrogen-bond donors (Lipinski definition) is 2. The third-order valence-corrected chi connectivity index (χ3v) is 6.18. The summed E-state index contributed by atoms with van der Waals surface area (Å²) in [6, 6.07) is 14.8. The number of amides is 2. The molecule has 0 saturated heterocycles. The fraction of sp³-hybridized carbons (Fsp3) is 0.467. The highest BCUT2D eigenvalue weighted by Gasteiger charge is 2.30. The van der Waals surface area contributed by atoms with Crippen LogP contribution in [0.15, 0.2) is 48.5 Å². The molecule has 0 heterocycles. The molecule has 1 aliphatic rings. The second-order valence-electron chi connectivity index (χ2n) is 10.4. The van der Waals surface area contributed by atoms with E-state index in [1.54, 1.807) is 20.8 Å². The van der Waals surface area contributed by atoms with Gasteiger partial charge < -0.3 is 24.8 Å². The smallest absolute Gasteiger partial charge is 0.407 e. The molecule has 2 amide bonds.